The third-order valence-electron chi connectivity index (χ3n) is 6.91. The van der Waals surface area contributed by atoms with Gasteiger partial charge in [-0.25, -0.2) is 4.68 Å². The summed E-state index contributed by atoms with van der Waals surface area (Å²) in [7, 11) is 0. The number of nitrogens with two attached hydrogens (primary N) is 1. The first-order valence-corrected chi connectivity index (χ1v) is 12.1. The van der Waals surface area contributed by atoms with Crippen molar-refractivity contribution in [2.45, 2.75) is 61.4 Å². The molecular weight excluding hydrogens is 441 g/mol. The molecule has 0 saturated heterocycles. The number of hydrogen-bond acceptors (Lipinski definition) is 5. The highest BCUT2D eigenvalue weighted by Crippen LogP contribution is 2.55. The number of carbonyl (C=O) groups is 1. The highest BCUT2D eigenvalue weighted by Gasteiger charge is 2.51. The lowest BCUT2D eigenvalue weighted by Gasteiger charge is -2.57. The van der Waals surface area contributed by atoms with Crippen LogP contribution in [-0.4, -0.2) is 31.6 Å². The van der Waals surface area contributed by atoms with E-state index < -0.39 is 0 Å². The minimum atomic E-state index is -0.321. The van der Waals surface area contributed by atoms with E-state index in [4.69, 9.17) is 29.0 Å². The third kappa shape index (κ3) is 3.69. The molecule has 1 unspecified atom stereocenters. The molecule has 9 heteroatoms. The van der Waals surface area contributed by atoms with Crippen LogP contribution in [0.4, 0.5) is 0 Å². The molecule has 6 nitrogen and oxygen atoms in total. The van der Waals surface area contributed by atoms with Gasteiger partial charge in [-0.2, -0.15) is 0 Å². The Hall–Kier alpha value is -1.44. The maximum atomic E-state index is 13.0. The van der Waals surface area contributed by atoms with Crippen LogP contribution >= 0.6 is 35.0 Å². The Morgan fingerprint density at radius 1 is 1.20 bits per heavy atom. The summed E-state index contributed by atoms with van der Waals surface area (Å²) in [6, 6.07) is 5.13. The van der Waals surface area contributed by atoms with Crippen molar-refractivity contribution in [2.75, 3.05) is 5.84 Å². The second kappa shape index (κ2) is 7.61. The zero-order chi connectivity index (χ0) is 21.0. The molecule has 30 heavy (non-hydrogen) atoms. The molecule has 4 fully saturated rings. The van der Waals surface area contributed by atoms with Crippen molar-refractivity contribution in [1.29, 1.82) is 0 Å². The van der Waals surface area contributed by atoms with Crippen molar-refractivity contribution in [3.63, 3.8) is 0 Å². The van der Waals surface area contributed by atoms with E-state index in [0.29, 0.717) is 26.6 Å². The number of nitrogens with one attached hydrogen (secondary N) is 1. The fourth-order valence-corrected chi connectivity index (χ4v) is 7.31. The first kappa shape index (κ1) is 20.5. The molecule has 4 aliphatic rings. The lowest BCUT2D eigenvalue weighted by Crippen LogP contribution is -2.60. The van der Waals surface area contributed by atoms with E-state index >= 15 is 0 Å². The first-order valence-electron chi connectivity index (χ1n) is 10.5. The minimum Gasteiger partial charge on any atom is -0.350 e. The van der Waals surface area contributed by atoms with Gasteiger partial charge < -0.3 is 11.2 Å². The highest BCUT2D eigenvalue weighted by atomic mass is 35.5. The zero-order valence-corrected chi connectivity index (χ0v) is 19.1. The van der Waals surface area contributed by atoms with Crippen LogP contribution in [0, 0.1) is 17.8 Å². The van der Waals surface area contributed by atoms with E-state index in [-0.39, 0.29) is 16.7 Å². The zero-order valence-electron chi connectivity index (χ0n) is 16.8. The van der Waals surface area contributed by atoms with Crippen molar-refractivity contribution in [3.05, 3.63) is 28.2 Å². The minimum absolute atomic E-state index is 0.000959. The summed E-state index contributed by atoms with van der Waals surface area (Å²) >= 11 is 13.6. The summed E-state index contributed by atoms with van der Waals surface area (Å²) in [5.74, 6) is 9.09. The van der Waals surface area contributed by atoms with Gasteiger partial charge in [0.1, 0.15) is 0 Å². The number of halogens is 2. The van der Waals surface area contributed by atoms with Crippen LogP contribution in [0.15, 0.2) is 23.4 Å². The Balaban J connectivity index is 1.28. The van der Waals surface area contributed by atoms with Gasteiger partial charge in [0.15, 0.2) is 5.82 Å². The van der Waals surface area contributed by atoms with Gasteiger partial charge in [-0.05, 0) is 81.4 Å². The monoisotopic (exact) mass is 465 g/mol. The lowest BCUT2D eigenvalue weighted by atomic mass is 9.53. The normalized spacial score (nSPS) is 30.4. The number of thioether (sulfide) groups is 1. The molecule has 0 radical (unpaired) electrons. The van der Waals surface area contributed by atoms with Gasteiger partial charge in [-0.15, -0.1) is 10.2 Å². The predicted octanol–water partition coefficient (Wildman–Crippen LogP) is 4.53. The van der Waals surface area contributed by atoms with Gasteiger partial charge in [0.2, 0.25) is 11.1 Å². The molecule has 1 heterocycles. The Morgan fingerprint density at radius 3 is 2.43 bits per heavy atom. The largest absolute Gasteiger partial charge is 0.350 e. The van der Waals surface area contributed by atoms with E-state index in [9.17, 15) is 4.79 Å². The lowest BCUT2D eigenvalue weighted by molar-refractivity contribution is -0.126. The van der Waals surface area contributed by atoms with E-state index in [2.05, 4.69) is 15.5 Å². The Morgan fingerprint density at radius 2 is 1.83 bits per heavy atom. The molecular formula is C21H25Cl2N5OS. The van der Waals surface area contributed by atoms with Crippen molar-refractivity contribution in [3.8, 4) is 11.4 Å². The predicted molar refractivity (Wildman–Crippen MR) is 120 cm³/mol. The number of rotatable bonds is 5. The van der Waals surface area contributed by atoms with E-state index in [0.717, 1.165) is 37.0 Å². The maximum Gasteiger partial charge on any atom is 0.233 e. The molecule has 2 aromatic rings. The van der Waals surface area contributed by atoms with Gasteiger partial charge in [-0.1, -0.05) is 35.0 Å². The highest BCUT2D eigenvalue weighted by molar-refractivity contribution is 8.00. The Kier molecular flexibility index (Phi) is 5.19. The molecule has 3 N–H and O–H groups in total. The van der Waals surface area contributed by atoms with E-state index in [1.165, 1.54) is 35.7 Å². The molecule has 4 saturated carbocycles. The van der Waals surface area contributed by atoms with Crippen molar-refractivity contribution in [2.24, 2.45) is 17.8 Å². The molecule has 1 aromatic carbocycles. The summed E-state index contributed by atoms with van der Waals surface area (Å²) in [5.41, 5.74) is 0.646. The molecule has 1 aromatic heterocycles. The van der Waals surface area contributed by atoms with Gasteiger partial charge >= 0.3 is 0 Å². The molecule has 0 aliphatic heterocycles. The van der Waals surface area contributed by atoms with Crippen LogP contribution in [0.5, 0.6) is 0 Å². The number of carbonyl (C=O) groups excluding carboxylic acids is 1. The summed E-state index contributed by atoms with van der Waals surface area (Å²) < 4.78 is 1.38. The SMILES string of the molecule is CC(Sc1nnc(-c2ccc(Cl)cc2Cl)n1N)C(=O)NC12CC3CC(CC(C3)C1)C2. The standard InChI is InChI=1S/C21H25Cl2N5OS/c1-11(19(29)25-21-8-12-4-13(9-21)6-14(5-12)10-21)30-20-27-26-18(28(20)24)16-3-2-15(22)7-17(16)23/h2-3,7,11-14H,4-6,8-10,24H2,1H3,(H,25,29). The van der Waals surface area contributed by atoms with Gasteiger partial charge in [0, 0.05) is 16.1 Å². The second-order valence-electron chi connectivity index (χ2n) is 9.25. The molecule has 0 spiro atoms. The summed E-state index contributed by atoms with van der Waals surface area (Å²) in [6.07, 6.45) is 7.46. The maximum absolute atomic E-state index is 13.0. The summed E-state index contributed by atoms with van der Waals surface area (Å²) in [6.45, 7) is 1.89. The second-order valence-corrected chi connectivity index (χ2v) is 11.4. The molecule has 4 bridgehead atoms. The van der Waals surface area contributed by atoms with Crippen molar-refractivity contribution >= 4 is 40.9 Å². The molecule has 4 aliphatic carbocycles. The number of amides is 1. The van der Waals surface area contributed by atoms with Gasteiger partial charge in [0.05, 0.1) is 10.3 Å². The van der Waals surface area contributed by atoms with Crippen molar-refractivity contribution < 1.29 is 4.79 Å². The summed E-state index contributed by atoms with van der Waals surface area (Å²) in [4.78, 5) is 13.0. The molecule has 1 atom stereocenters. The topological polar surface area (TPSA) is 85.8 Å². The molecule has 6 rings (SSSR count). The average Bonchev–Trinajstić information content (AvgIpc) is 3.00. The number of aromatic nitrogens is 3. The summed E-state index contributed by atoms with van der Waals surface area (Å²) in [5, 5.41) is 12.9. The van der Waals surface area contributed by atoms with Crippen LogP contribution < -0.4 is 11.2 Å². The first-order chi connectivity index (χ1) is 14.3. The van der Waals surface area contributed by atoms with E-state index in [1.54, 1.807) is 18.2 Å². The third-order valence-corrected chi connectivity index (χ3v) is 8.52. The van der Waals surface area contributed by atoms with Gasteiger partial charge in [0.25, 0.3) is 0 Å². The number of benzene rings is 1. The van der Waals surface area contributed by atoms with Crippen LogP contribution in [0.3, 0.4) is 0 Å². The van der Waals surface area contributed by atoms with Crippen LogP contribution in [0.25, 0.3) is 11.4 Å². The van der Waals surface area contributed by atoms with Crippen LogP contribution in [-0.2, 0) is 4.79 Å². The number of nitrogens with zero attached hydrogens (tertiary/aromatic N) is 3. The number of hydrogen-bond donors (Lipinski definition) is 2. The van der Waals surface area contributed by atoms with E-state index in [1.807, 2.05) is 6.92 Å². The fourth-order valence-electron chi connectivity index (χ4n) is 6.05. The Labute approximate surface area is 190 Å². The average molecular weight is 466 g/mol. The molecule has 160 valence electrons. The van der Waals surface area contributed by atoms with Gasteiger partial charge in [-0.3, -0.25) is 4.79 Å². The quantitative estimate of drug-likeness (QED) is 0.500. The number of nitrogen functional groups attached to an aromatic ring is 1. The van der Waals surface area contributed by atoms with Crippen molar-refractivity contribution in [1.82, 2.24) is 20.2 Å². The van der Waals surface area contributed by atoms with Crippen LogP contribution in [0.1, 0.15) is 45.4 Å². The smallest absolute Gasteiger partial charge is 0.233 e. The van der Waals surface area contributed by atoms with Crippen LogP contribution in [0.2, 0.25) is 10.0 Å². The molecule has 1 amide bonds. The fraction of sp³-hybridized carbons (Fsp3) is 0.571. The Bertz CT molecular complexity index is 958.